The molecule has 0 saturated carbocycles. The predicted molar refractivity (Wildman–Crippen MR) is 88.5 cm³/mol. The minimum atomic E-state index is -0.387. The summed E-state index contributed by atoms with van der Waals surface area (Å²) in [7, 11) is 0. The van der Waals surface area contributed by atoms with Crippen LogP contribution in [-0.2, 0) is 0 Å². The summed E-state index contributed by atoms with van der Waals surface area (Å²) in [4.78, 5) is 0. The molecule has 4 nitrogen and oxygen atoms in total. The van der Waals surface area contributed by atoms with Crippen molar-refractivity contribution in [3.63, 3.8) is 0 Å². The molecule has 0 radical (unpaired) electrons. The maximum Gasteiger partial charge on any atom is 0.119 e. The zero-order valence-corrected chi connectivity index (χ0v) is 12.7. The van der Waals surface area contributed by atoms with Crippen LogP contribution in [0.3, 0.4) is 0 Å². The number of nitrogens with one attached hydrogen (secondary N) is 2. The van der Waals surface area contributed by atoms with Crippen LogP contribution in [0, 0.1) is 10.8 Å². The number of benzene rings is 2. The van der Waals surface area contributed by atoms with E-state index in [2.05, 4.69) is 0 Å². The van der Waals surface area contributed by atoms with Crippen molar-refractivity contribution in [3.8, 4) is 11.5 Å². The fourth-order valence-electron chi connectivity index (χ4n) is 2.48. The van der Waals surface area contributed by atoms with Crippen LogP contribution in [0.25, 0.3) is 0 Å². The first-order valence-electron chi connectivity index (χ1n) is 7.16. The van der Waals surface area contributed by atoms with Crippen molar-refractivity contribution < 1.29 is 10.2 Å². The van der Waals surface area contributed by atoms with E-state index in [1.54, 1.807) is 62.4 Å². The van der Waals surface area contributed by atoms with Gasteiger partial charge in [-0.2, -0.15) is 0 Å². The van der Waals surface area contributed by atoms with Crippen LogP contribution in [0.1, 0.15) is 36.8 Å². The Morgan fingerprint density at radius 3 is 1.36 bits per heavy atom. The van der Waals surface area contributed by atoms with Gasteiger partial charge < -0.3 is 21.0 Å². The molecule has 0 bridgehead atoms. The summed E-state index contributed by atoms with van der Waals surface area (Å²) < 4.78 is 0. The number of aromatic hydroxyl groups is 2. The molecule has 114 valence electrons. The molecule has 0 fully saturated rings. The van der Waals surface area contributed by atoms with Crippen molar-refractivity contribution in [1.82, 2.24) is 0 Å². The molecule has 0 amide bonds. The van der Waals surface area contributed by atoms with Gasteiger partial charge in [0, 0.05) is 23.0 Å². The lowest BCUT2D eigenvalue weighted by Crippen LogP contribution is -2.24. The second-order valence-electron chi connectivity index (χ2n) is 5.39. The standard InChI is InChI=1S/C18H20N2O2/c1-11(13-7-3-5-9-15(13)21)17(19)18(20)12(2)14-8-4-6-10-16(14)22/h3-12,19-22H,1-2H3. The van der Waals surface area contributed by atoms with Crippen LogP contribution < -0.4 is 0 Å². The van der Waals surface area contributed by atoms with E-state index in [-0.39, 0.29) is 34.8 Å². The number of hydrogen-bond donors (Lipinski definition) is 4. The van der Waals surface area contributed by atoms with Gasteiger partial charge in [-0.15, -0.1) is 0 Å². The minimum Gasteiger partial charge on any atom is -0.508 e. The highest BCUT2D eigenvalue weighted by Gasteiger charge is 2.24. The van der Waals surface area contributed by atoms with Crippen LogP contribution >= 0.6 is 0 Å². The first kappa shape index (κ1) is 15.8. The summed E-state index contributed by atoms with van der Waals surface area (Å²) in [6.45, 7) is 3.59. The van der Waals surface area contributed by atoms with Crippen molar-refractivity contribution in [3.05, 3.63) is 59.7 Å². The number of rotatable bonds is 5. The summed E-state index contributed by atoms with van der Waals surface area (Å²) in [6, 6.07) is 13.7. The number of hydrogen-bond acceptors (Lipinski definition) is 4. The normalized spacial score (nSPS) is 13.4. The Morgan fingerprint density at radius 1 is 0.727 bits per heavy atom. The molecule has 0 aliphatic heterocycles. The third-order valence-corrected chi connectivity index (χ3v) is 3.96. The molecular formula is C18H20N2O2. The van der Waals surface area contributed by atoms with Gasteiger partial charge in [0.15, 0.2) is 0 Å². The molecule has 22 heavy (non-hydrogen) atoms. The number of phenols is 2. The van der Waals surface area contributed by atoms with E-state index in [1.807, 2.05) is 0 Å². The Balaban J connectivity index is 2.24. The highest BCUT2D eigenvalue weighted by Crippen LogP contribution is 2.30. The first-order valence-corrected chi connectivity index (χ1v) is 7.16. The van der Waals surface area contributed by atoms with E-state index in [0.29, 0.717) is 11.1 Å². The predicted octanol–water partition coefficient (Wildman–Crippen LogP) is 4.04. The third-order valence-electron chi connectivity index (χ3n) is 3.96. The zero-order valence-electron chi connectivity index (χ0n) is 12.7. The second kappa shape index (κ2) is 6.43. The quantitative estimate of drug-likeness (QED) is 0.627. The van der Waals surface area contributed by atoms with Gasteiger partial charge in [-0.1, -0.05) is 50.2 Å². The summed E-state index contributed by atoms with van der Waals surface area (Å²) in [6.07, 6.45) is 0. The molecule has 0 spiro atoms. The largest absolute Gasteiger partial charge is 0.508 e. The lowest BCUT2D eigenvalue weighted by Gasteiger charge is -2.20. The molecule has 0 aromatic heterocycles. The average molecular weight is 296 g/mol. The smallest absolute Gasteiger partial charge is 0.119 e. The molecule has 4 N–H and O–H groups in total. The fraction of sp³-hybridized carbons (Fsp3) is 0.222. The van der Waals surface area contributed by atoms with E-state index in [9.17, 15) is 10.2 Å². The van der Waals surface area contributed by atoms with Gasteiger partial charge in [-0.3, -0.25) is 0 Å². The van der Waals surface area contributed by atoms with Crippen LogP contribution in [-0.4, -0.2) is 21.6 Å². The van der Waals surface area contributed by atoms with Crippen LogP contribution in [0.4, 0.5) is 0 Å². The topological polar surface area (TPSA) is 88.2 Å². The number of phenolic OH excluding ortho intramolecular Hbond substituents is 2. The number of para-hydroxylation sites is 2. The monoisotopic (exact) mass is 296 g/mol. The van der Waals surface area contributed by atoms with E-state index in [1.165, 1.54) is 0 Å². The molecule has 2 atom stereocenters. The molecule has 2 unspecified atom stereocenters. The van der Waals surface area contributed by atoms with Crippen LogP contribution in [0.2, 0.25) is 0 Å². The Bertz CT molecular complexity index is 648. The zero-order chi connectivity index (χ0) is 16.3. The SMILES string of the molecule is CC(C(=N)C(=N)C(C)c1ccccc1O)c1ccccc1O. The molecule has 0 aliphatic rings. The molecule has 2 aromatic carbocycles. The molecule has 0 heterocycles. The summed E-state index contributed by atoms with van der Waals surface area (Å²) in [5, 5.41) is 36.3. The Morgan fingerprint density at radius 2 is 1.05 bits per heavy atom. The summed E-state index contributed by atoms with van der Waals surface area (Å²) in [5.41, 5.74) is 1.53. The van der Waals surface area contributed by atoms with Gasteiger partial charge in [-0.05, 0) is 12.1 Å². The molecule has 2 aromatic rings. The van der Waals surface area contributed by atoms with Crippen molar-refractivity contribution in [2.75, 3.05) is 0 Å². The first-order chi connectivity index (χ1) is 10.4. The third kappa shape index (κ3) is 3.01. The molecule has 0 aliphatic carbocycles. The maximum absolute atomic E-state index is 9.90. The second-order valence-corrected chi connectivity index (χ2v) is 5.39. The van der Waals surface area contributed by atoms with Crippen molar-refractivity contribution >= 4 is 11.4 Å². The van der Waals surface area contributed by atoms with E-state index in [4.69, 9.17) is 10.8 Å². The van der Waals surface area contributed by atoms with Gasteiger partial charge in [-0.25, -0.2) is 0 Å². The minimum absolute atomic E-state index is 0.128. The summed E-state index contributed by atoms with van der Waals surface area (Å²) >= 11 is 0. The highest BCUT2D eigenvalue weighted by atomic mass is 16.3. The van der Waals surface area contributed by atoms with Crippen LogP contribution in [0.15, 0.2) is 48.5 Å². The van der Waals surface area contributed by atoms with E-state index >= 15 is 0 Å². The van der Waals surface area contributed by atoms with Gasteiger partial charge in [0.05, 0.1) is 11.4 Å². The highest BCUT2D eigenvalue weighted by molar-refractivity contribution is 6.43. The van der Waals surface area contributed by atoms with Gasteiger partial charge >= 0.3 is 0 Å². The van der Waals surface area contributed by atoms with Crippen molar-refractivity contribution in [2.24, 2.45) is 0 Å². The Kier molecular flexibility index (Phi) is 4.61. The van der Waals surface area contributed by atoms with E-state index < -0.39 is 0 Å². The molecule has 0 saturated heterocycles. The van der Waals surface area contributed by atoms with Crippen molar-refractivity contribution in [1.29, 1.82) is 10.8 Å². The fourth-order valence-corrected chi connectivity index (χ4v) is 2.48. The maximum atomic E-state index is 9.90. The summed E-state index contributed by atoms with van der Waals surface area (Å²) in [5.74, 6) is -0.519. The Hall–Kier alpha value is -2.62. The molecule has 2 rings (SSSR count). The molecule has 4 heteroatoms. The van der Waals surface area contributed by atoms with Crippen LogP contribution in [0.5, 0.6) is 11.5 Å². The Labute approximate surface area is 130 Å². The van der Waals surface area contributed by atoms with Gasteiger partial charge in [0.2, 0.25) is 0 Å². The van der Waals surface area contributed by atoms with Gasteiger partial charge in [0.1, 0.15) is 11.5 Å². The lowest BCUT2D eigenvalue weighted by atomic mass is 9.85. The average Bonchev–Trinajstić information content (AvgIpc) is 2.53. The van der Waals surface area contributed by atoms with Crippen molar-refractivity contribution in [2.45, 2.75) is 25.7 Å². The lowest BCUT2D eigenvalue weighted by molar-refractivity contribution is 0.466. The molecular weight excluding hydrogens is 276 g/mol. The van der Waals surface area contributed by atoms with Gasteiger partial charge in [0.25, 0.3) is 0 Å². The van der Waals surface area contributed by atoms with E-state index in [0.717, 1.165) is 0 Å².